The van der Waals surface area contributed by atoms with Crippen molar-refractivity contribution in [1.29, 1.82) is 0 Å². The summed E-state index contributed by atoms with van der Waals surface area (Å²) in [5.41, 5.74) is -0.0210. The van der Waals surface area contributed by atoms with Crippen molar-refractivity contribution in [1.82, 2.24) is 4.90 Å². The molecule has 0 spiro atoms. The zero-order chi connectivity index (χ0) is 19.4. The van der Waals surface area contributed by atoms with Crippen LogP contribution in [0.4, 0.5) is 0 Å². The highest BCUT2D eigenvalue weighted by atomic mass is 35.5. The smallest absolute Gasteiger partial charge is 0.266 e. The molecule has 2 aromatic carbocycles. The fourth-order valence-corrected chi connectivity index (χ4v) is 3.69. The van der Waals surface area contributed by atoms with Crippen molar-refractivity contribution in [3.63, 3.8) is 0 Å². The summed E-state index contributed by atoms with van der Waals surface area (Å²) in [4.78, 5) is 14.8. The number of benzene rings is 2. The Kier molecular flexibility index (Phi) is 6.08. The van der Waals surface area contributed by atoms with Gasteiger partial charge in [-0.3, -0.25) is 4.79 Å². The monoisotopic (exact) mass is 387 g/mol. The minimum absolute atomic E-state index is 0.0369. The molecular formula is C22H26ClNO3. The van der Waals surface area contributed by atoms with Gasteiger partial charge in [0.2, 0.25) is 0 Å². The number of aliphatic hydroxyl groups is 1. The van der Waals surface area contributed by atoms with Gasteiger partial charge in [-0.25, -0.2) is 0 Å². The maximum Gasteiger partial charge on any atom is 0.266 e. The van der Waals surface area contributed by atoms with Gasteiger partial charge in [-0.15, -0.1) is 0 Å². The van der Waals surface area contributed by atoms with E-state index in [0.29, 0.717) is 23.9 Å². The van der Waals surface area contributed by atoms with E-state index in [0.717, 1.165) is 18.4 Å². The molecule has 0 saturated carbocycles. The number of aliphatic hydroxyl groups excluding tert-OH is 1. The summed E-state index contributed by atoms with van der Waals surface area (Å²) in [5, 5.41) is 11.2. The molecule has 1 aliphatic heterocycles. The summed E-state index contributed by atoms with van der Waals surface area (Å²) in [6.07, 6.45) is 1.07. The molecule has 0 radical (unpaired) electrons. The fourth-order valence-electron chi connectivity index (χ4n) is 3.56. The second-order valence-electron chi connectivity index (χ2n) is 7.55. The quantitative estimate of drug-likeness (QED) is 0.823. The molecule has 1 amide bonds. The molecular weight excluding hydrogens is 362 g/mol. The van der Waals surface area contributed by atoms with E-state index in [1.165, 1.54) is 0 Å². The van der Waals surface area contributed by atoms with Crippen molar-refractivity contribution in [2.24, 2.45) is 5.92 Å². The van der Waals surface area contributed by atoms with Gasteiger partial charge in [-0.2, -0.15) is 0 Å². The first-order valence-electron chi connectivity index (χ1n) is 9.34. The number of amides is 1. The summed E-state index contributed by atoms with van der Waals surface area (Å²) in [5.74, 6) is 0.744. The van der Waals surface area contributed by atoms with E-state index in [-0.39, 0.29) is 11.8 Å². The summed E-state index contributed by atoms with van der Waals surface area (Å²) < 4.78 is 5.92. The maximum atomic E-state index is 13.0. The number of likely N-dealkylation sites (tertiary alicyclic amines) is 1. The van der Waals surface area contributed by atoms with Crippen molar-refractivity contribution >= 4 is 17.5 Å². The first kappa shape index (κ1) is 19.7. The zero-order valence-electron chi connectivity index (χ0n) is 15.8. The summed E-state index contributed by atoms with van der Waals surface area (Å²) in [7, 11) is 0. The van der Waals surface area contributed by atoms with Crippen LogP contribution in [0, 0.1) is 5.92 Å². The molecule has 1 atom stereocenters. The summed E-state index contributed by atoms with van der Waals surface area (Å²) >= 11 is 5.90. The lowest BCUT2D eigenvalue weighted by Gasteiger charge is -2.38. The summed E-state index contributed by atoms with van der Waals surface area (Å²) in [6, 6.07) is 16.7. The number of hydrogen-bond acceptors (Lipinski definition) is 3. The first-order valence-corrected chi connectivity index (χ1v) is 9.71. The minimum atomic E-state index is -0.960. The van der Waals surface area contributed by atoms with Crippen molar-refractivity contribution in [3.05, 3.63) is 65.2 Å². The third-order valence-corrected chi connectivity index (χ3v) is 5.37. The van der Waals surface area contributed by atoms with Crippen molar-refractivity contribution in [3.8, 4) is 5.75 Å². The van der Waals surface area contributed by atoms with Gasteiger partial charge in [0.05, 0.1) is 6.10 Å². The van der Waals surface area contributed by atoms with E-state index < -0.39 is 11.7 Å². The molecule has 4 nitrogen and oxygen atoms in total. The van der Waals surface area contributed by atoms with Gasteiger partial charge < -0.3 is 14.7 Å². The normalized spacial score (nSPS) is 16.8. The average molecular weight is 388 g/mol. The van der Waals surface area contributed by atoms with Gasteiger partial charge in [-0.05, 0) is 62.4 Å². The first-order chi connectivity index (χ1) is 12.9. The van der Waals surface area contributed by atoms with E-state index in [4.69, 9.17) is 16.3 Å². The Morgan fingerprint density at radius 3 is 2.30 bits per heavy atom. The molecule has 3 rings (SSSR count). The molecule has 2 aromatic rings. The van der Waals surface area contributed by atoms with Crippen LogP contribution in [0.3, 0.4) is 0 Å². The number of piperidine rings is 1. The van der Waals surface area contributed by atoms with Gasteiger partial charge in [0.1, 0.15) is 5.75 Å². The lowest BCUT2D eigenvalue weighted by atomic mass is 9.87. The number of nitrogens with zero attached hydrogens (tertiary/aromatic N) is 1. The molecule has 5 heteroatoms. The molecule has 0 aromatic heterocycles. The molecule has 1 fully saturated rings. The average Bonchev–Trinajstić information content (AvgIpc) is 2.69. The van der Waals surface area contributed by atoms with Crippen LogP contribution < -0.4 is 4.74 Å². The number of rotatable bonds is 5. The molecule has 0 unspecified atom stereocenters. The number of hydrogen-bond donors (Lipinski definition) is 1. The number of halogens is 1. The SMILES string of the molecule is CC(C)(Oc1ccc(Cl)cc1)C(=O)N1CCC([C@@H](O)c2ccccc2)CC1. The van der Waals surface area contributed by atoms with E-state index in [1.807, 2.05) is 35.2 Å². The maximum absolute atomic E-state index is 13.0. The van der Waals surface area contributed by atoms with Crippen LogP contribution in [-0.2, 0) is 4.79 Å². The van der Waals surface area contributed by atoms with Gasteiger partial charge in [0.15, 0.2) is 5.60 Å². The molecule has 1 heterocycles. The third-order valence-electron chi connectivity index (χ3n) is 5.12. The number of carbonyl (C=O) groups is 1. The van der Waals surface area contributed by atoms with Crippen LogP contribution in [0.2, 0.25) is 5.02 Å². The highest BCUT2D eigenvalue weighted by Gasteiger charge is 2.37. The molecule has 1 aliphatic rings. The fraction of sp³-hybridized carbons (Fsp3) is 0.409. The van der Waals surface area contributed by atoms with E-state index in [1.54, 1.807) is 38.1 Å². The largest absolute Gasteiger partial charge is 0.478 e. The lowest BCUT2D eigenvalue weighted by molar-refractivity contribution is -0.147. The zero-order valence-corrected chi connectivity index (χ0v) is 16.5. The molecule has 1 N–H and O–H groups in total. The second-order valence-corrected chi connectivity index (χ2v) is 7.99. The number of carbonyl (C=O) groups excluding carboxylic acids is 1. The molecule has 27 heavy (non-hydrogen) atoms. The Morgan fingerprint density at radius 2 is 1.70 bits per heavy atom. The Labute approximate surface area is 165 Å². The Balaban J connectivity index is 1.58. The van der Waals surface area contributed by atoms with Gasteiger partial charge >= 0.3 is 0 Å². The minimum Gasteiger partial charge on any atom is -0.478 e. The van der Waals surface area contributed by atoms with Gasteiger partial charge in [0.25, 0.3) is 5.91 Å². The number of ether oxygens (including phenoxy) is 1. The van der Waals surface area contributed by atoms with Crippen molar-refractivity contribution in [2.75, 3.05) is 13.1 Å². The van der Waals surface area contributed by atoms with Crippen molar-refractivity contribution < 1.29 is 14.6 Å². The van der Waals surface area contributed by atoms with E-state index >= 15 is 0 Å². The Hall–Kier alpha value is -2.04. The predicted molar refractivity (Wildman–Crippen MR) is 107 cm³/mol. The molecule has 0 bridgehead atoms. The second kappa shape index (κ2) is 8.32. The topological polar surface area (TPSA) is 49.8 Å². The van der Waals surface area contributed by atoms with Crippen LogP contribution >= 0.6 is 11.6 Å². The lowest BCUT2D eigenvalue weighted by Crippen LogP contribution is -2.51. The predicted octanol–water partition coefficient (Wildman–Crippen LogP) is 4.47. The highest BCUT2D eigenvalue weighted by molar-refractivity contribution is 6.30. The summed E-state index contributed by atoms with van der Waals surface area (Å²) in [6.45, 7) is 4.82. The van der Waals surface area contributed by atoms with Crippen molar-refractivity contribution in [2.45, 2.75) is 38.4 Å². The van der Waals surface area contributed by atoms with Gasteiger partial charge in [0, 0.05) is 18.1 Å². The van der Waals surface area contributed by atoms with Crippen LogP contribution in [0.1, 0.15) is 38.4 Å². The standard InChI is InChI=1S/C22H26ClNO3/c1-22(2,27-19-10-8-18(23)9-11-19)21(26)24-14-12-17(13-15-24)20(25)16-6-4-3-5-7-16/h3-11,17,20,25H,12-15H2,1-2H3/t20-/m0/s1. The van der Waals surface area contributed by atoms with Crippen LogP contribution in [-0.4, -0.2) is 34.6 Å². The van der Waals surface area contributed by atoms with Crippen LogP contribution in [0.25, 0.3) is 0 Å². The Morgan fingerprint density at radius 1 is 1.11 bits per heavy atom. The van der Waals surface area contributed by atoms with Gasteiger partial charge in [-0.1, -0.05) is 41.9 Å². The third kappa shape index (κ3) is 4.82. The molecule has 0 aliphatic carbocycles. The molecule has 144 valence electrons. The van der Waals surface area contributed by atoms with Crippen LogP contribution in [0.15, 0.2) is 54.6 Å². The Bertz CT molecular complexity index is 753. The molecule has 1 saturated heterocycles. The van der Waals surface area contributed by atoms with E-state index in [9.17, 15) is 9.90 Å². The highest BCUT2D eigenvalue weighted by Crippen LogP contribution is 2.32. The van der Waals surface area contributed by atoms with E-state index in [2.05, 4.69) is 0 Å². The van der Waals surface area contributed by atoms with Crippen LogP contribution in [0.5, 0.6) is 5.75 Å².